The number of hydrogen-bond donors (Lipinski definition) is 0. The van der Waals surface area contributed by atoms with E-state index < -0.39 is 11.2 Å². The van der Waals surface area contributed by atoms with Crippen molar-refractivity contribution in [1.82, 2.24) is 9.13 Å². The third kappa shape index (κ3) is 3.56. The Labute approximate surface area is 186 Å². The Kier molecular flexibility index (Phi) is 5.22. The number of halogens is 1. The molecule has 162 valence electrons. The summed E-state index contributed by atoms with van der Waals surface area (Å²) in [7, 11) is 0. The fraction of sp³-hybridized carbons (Fsp3) is 0.208. The first-order chi connectivity index (χ1) is 15.5. The molecule has 1 amide bonds. The molecule has 6 nitrogen and oxygen atoms in total. The van der Waals surface area contributed by atoms with Gasteiger partial charge in [0, 0.05) is 12.2 Å². The van der Waals surface area contributed by atoms with E-state index in [4.69, 9.17) is 0 Å². The Morgan fingerprint density at radius 1 is 1.00 bits per heavy atom. The Morgan fingerprint density at radius 3 is 2.59 bits per heavy atom. The maximum Gasteiger partial charge on any atom is 0.332 e. The molecule has 2 aromatic heterocycles. The zero-order valence-corrected chi connectivity index (χ0v) is 18.0. The molecule has 4 aromatic rings. The van der Waals surface area contributed by atoms with Gasteiger partial charge >= 0.3 is 5.69 Å². The Bertz CT molecular complexity index is 1440. The topological polar surface area (TPSA) is 64.3 Å². The number of rotatable bonds is 4. The van der Waals surface area contributed by atoms with Crippen molar-refractivity contribution in [2.24, 2.45) is 0 Å². The van der Waals surface area contributed by atoms with Crippen LogP contribution in [0.25, 0.3) is 10.2 Å². The number of benzene rings is 2. The van der Waals surface area contributed by atoms with Crippen LogP contribution in [0.1, 0.15) is 17.5 Å². The molecule has 0 fully saturated rings. The number of hydrogen-bond acceptors (Lipinski definition) is 4. The Morgan fingerprint density at radius 2 is 1.78 bits per heavy atom. The van der Waals surface area contributed by atoms with Gasteiger partial charge in [0.2, 0.25) is 5.91 Å². The van der Waals surface area contributed by atoms with Gasteiger partial charge in [-0.3, -0.25) is 18.7 Å². The van der Waals surface area contributed by atoms with Gasteiger partial charge in [0.25, 0.3) is 5.56 Å². The van der Waals surface area contributed by atoms with Crippen molar-refractivity contribution < 1.29 is 9.18 Å². The number of aryl methyl sites for hydroxylation is 1. The lowest BCUT2D eigenvalue weighted by molar-refractivity contribution is -0.119. The van der Waals surface area contributed by atoms with E-state index in [0.29, 0.717) is 22.3 Å². The van der Waals surface area contributed by atoms with Crippen LogP contribution in [0, 0.1) is 5.82 Å². The Hall–Kier alpha value is -3.52. The van der Waals surface area contributed by atoms with Gasteiger partial charge in [-0.15, -0.1) is 11.3 Å². The molecule has 1 aliphatic rings. The molecule has 0 aliphatic carbocycles. The summed E-state index contributed by atoms with van der Waals surface area (Å²) in [5, 5.41) is 1.74. The molecule has 0 saturated heterocycles. The second-order valence-electron chi connectivity index (χ2n) is 7.80. The highest BCUT2D eigenvalue weighted by atomic mass is 32.1. The average Bonchev–Trinajstić information content (AvgIpc) is 3.30. The maximum absolute atomic E-state index is 13.3. The monoisotopic (exact) mass is 449 g/mol. The molecule has 0 radical (unpaired) electrons. The minimum absolute atomic E-state index is 0.00647. The number of thiophene rings is 1. The molecule has 5 rings (SSSR count). The predicted octanol–water partition coefficient (Wildman–Crippen LogP) is 3.39. The molecule has 3 heterocycles. The highest BCUT2D eigenvalue weighted by molar-refractivity contribution is 7.17. The highest BCUT2D eigenvalue weighted by Gasteiger charge is 2.24. The first kappa shape index (κ1) is 20.4. The summed E-state index contributed by atoms with van der Waals surface area (Å²) >= 11 is 1.24. The molecule has 0 saturated carbocycles. The zero-order chi connectivity index (χ0) is 22.2. The van der Waals surface area contributed by atoms with Gasteiger partial charge in [-0.1, -0.05) is 30.3 Å². The maximum atomic E-state index is 13.3. The summed E-state index contributed by atoms with van der Waals surface area (Å²) in [6.45, 7) is 0.434. The van der Waals surface area contributed by atoms with Crippen LogP contribution in [0.2, 0.25) is 0 Å². The van der Waals surface area contributed by atoms with Crippen molar-refractivity contribution in [2.75, 3.05) is 11.4 Å². The minimum atomic E-state index is -0.552. The molecule has 8 heteroatoms. The summed E-state index contributed by atoms with van der Waals surface area (Å²) in [6.07, 6.45) is 1.77. The number of para-hydroxylation sites is 1. The predicted molar refractivity (Wildman–Crippen MR) is 123 cm³/mol. The number of anilines is 1. The number of carbonyl (C=O) groups is 1. The van der Waals surface area contributed by atoms with Crippen molar-refractivity contribution >= 4 is 33.1 Å². The lowest BCUT2D eigenvalue weighted by Crippen LogP contribution is -2.44. The lowest BCUT2D eigenvalue weighted by atomic mass is 10.0. The number of amides is 1. The lowest BCUT2D eigenvalue weighted by Gasteiger charge is -2.29. The van der Waals surface area contributed by atoms with E-state index in [1.54, 1.807) is 28.5 Å². The van der Waals surface area contributed by atoms with E-state index in [0.717, 1.165) is 28.7 Å². The van der Waals surface area contributed by atoms with Crippen LogP contribution in [0.3, 0.4) is 0 Å². The van der Waals surface area contributed by atoms with Crippen molar-refractivity contribution in [2.45, 2.75) is 25.9 Å². The van der Waals surface area contributed by atoms with Crippen LogP contribution in [0.5, 0.6) is 0 Å². The van der Waals surface area contributed by atoms with Gasteiger partial charge in [-0.25, -0.2) is 9.18 Å². The fourth-order valence-corrected chi connectivity index (χ4v) is 5.05. The van der Waals surface area contributed by atoms with Crippen molar-refractivity contribution in [3.8, 4) is 0 Å². The van der Waals surface area contributed by atoms with Gasteiger partial charge in [-0.2, -0.15) is 0 Å². The largest absolute Gasteiger partial charge is 0.332 e. The number of carbonyl (C=O) groups excluding carboxylic acids is 1. The van der Waals surface area contributed by atoms with Crippen LogP contribution >= 0.6 is 11.3 Å². The van der Waals surface area contributed by atoms with Gasteiger partial charge in [0.15, 0.2) is 0 Å². The normalized spacial score (nSPS) is 13.3. The van der Waals surface area contributed by atoms with Crippen LogP contribution in [-0.2, 0) is 24.3 Å². The van der Waals surface area contributed by atoms with E-state index in [9.17, 15) is 18.8 Å². The highest BCUT2D eigenvalue weighted by Crippen LogP contribution is 2.27. The number of fused-ring (bicyclic) bond motifs is 2. The average molecular weight is 450 g/mol. The first-order valence-electron chi connectivity index (χ1n) is 10.4. The molecular formula is C24H20FN3O3S. The van der Waals surface area contributed by atoms with E-state index in [2.05, 4.69) is 0 Å². The van der Waals surface area contributed by atoms with Crippen molar-refractivity contribution in [3.63, 3.8) is 0 Å². The molecule has 32 heavy (non-hydrogen) atoms. The van der Waals surface area contributed by atoms with E-state index in [1.807, 2.05) is 24.3 Å². The van der Waals surface area contributed by atoms with Gasteiger partial charge in [-0.05, 0) is 53.6 Å². The molecule has 2 aromatic carbocycles. The van der Waals surface area contributed by atoms with Crippen molar-refractivity contribution in [3.05, 3.63) is 97.8 Å². The number of aromatic nitrogens is 2. The summed E-state index contributed by atoms with van der Waals surface area (Å²) in [6, 6.07) is 15.2. The molecular weight excluding hydrogens is 429 g/mol. The van der Waals surface area contributed by atoms with E-state index in [-0.39, 0.29) is 24.8 Å². The third-order valence-corrected chi connectivity index (χ3v) is 6.69. The van der Waals surface area contributed by atoms with Crippen LogP contribution in [-0.4, -0.2) is 21.6 Å². The van der Waals surface area contributed by atoms with E-state index in [1.165, 1.54) is 28.0 Å². The van der Waals surface area contributed by atoms with E-state index >= 15 is 0 Å². The zero-order valence-electron chi connectivity index (χ0n) is 17.2. The van der Waals surface area contributed by atoms with Crippen LogP contribution in [0.15, 0.2) is 69.6 Å². The standard InChI is InChI=1S/C24H20FN3O3S/c25-18-9-7-16(8-10-18)14-28-23(30)22-20(11-13-32-22)27(24(28)31)15-21(29)26-12-3-5-17-4-1-2-6-19(17)26/h1-2,4,6-11,13H,3,5,12,14-15H2. The quantitative estimate of drug-likeness (QED) is 0.480. The summed E-state index contributed by atoms with van der Waals surface area (Å²) in [5.74, 6) is -0.585. The summed E-state index contributed by atoms with van der Waals surface area (Å²) < 4.78 is 16.2. The second-order valence-corrected chi connectivity index (χ2v) is 8.72. The molecule has 0 atom stereocenters. The number of nitrogens with zero attached hydrogens (tertiary/aromatic N) is 3. The van der Waals surface area contributed by atoms with Gasteiger partial charge in [0.1, 0.15) is 17.1 Å². The van der Waals surface area contributed by atoms with Crippen LogP contribution in [0.4, 0.5) is 10.1 Å². The van der Waals surface area contributed by atoms with Crippen molar-refractivity contribution in [1.29, 1.82) is 0 Å². The van der Waals surface area contributed by atoms with Gasteiger partial charge in [0.05, 0.1) is 12.1 Å². The van der Waals surface area contributed by atoms with Crippen LogP contribution < -0.4 is 16.1 Å². The molecule has 0 spiro atoms. The minimum Gasteiger partial charge on any atom is -0.311 e. The Balaban J connectivity index is 1.55. The summed E-state index contributed by atoms with van der Waals surface area (Å²) in [4.78, 5) is 41.3. The fourth-order valence-electron chi connectivity index (χ4n) is 4.21. The SMILES string of the molecule is O=C(Cn1c(=O)n(Cc2ccc(F)cc2)c(=O)c2sccc21)N1CCCc2ccccc21. The second kappa shape index (κ2) is 8.20. The molecule has 0 bridgehead atoms. The molecule has 0 unspecified atom stereocenters. The molecule has 1 aliphatic heterocycles. The first-order valence-corrected chi connectivity index (χ1v) is 11.2. The third-order valence-electron chi connectivity index (χ3n) is 5.80. The van der Waals surface area contributed by atoms with Gasteiger partial charge < -0.3 is 4.90 Å². The molecule has 0 N–H and O–H groups in total. The smallest absolute Gasteiger partial charge is 0.311 e. The summed E-state index contributed by atoms with van der Waals surface area (Å²) in [5.41, 5.74) is 2.11.